The lowest BCUT2D eigenvalue weighted by Gasteiger charge is -2.18. The number of phenols is 2. The van der Waals surface area contributed by atoms with Crippen LogP contribution in [0.1, 0.15) is 11.1 Å². The molecule has 2 N–H and O–H groups in total. The van der Waals surface area contributed by atoms with Crippen molar-refractivity contribution in [3.63, 3.8) is 0 Å². The van der Waals surface area contributed by atoms with Gasteiger partial charge in [-0.1, -0.05) is 97.1 Å². The fourth-order valence-electron chi connectivity index (χ4n) is 4.52. The summed E-state index contributed by atoms with van der Waals surface area (Å²) in [5.74, 6) is 0.237. The van der Waals surface area contributed by atoms with Crippen LogP contribution in [0.4, 0.5) is 0 Å². The van der Waals surface area contributed by atoms with Gasteiger partial charge in [0.05, 0.1) is 0 Å². The van der Waals surface area contributed by atoms with Gasteiger partial charge in [0, 0.05) is 21.5 Å². The van der Waals surface area contributed by atoms with Crippen LogP contribution >= 0.6 is 0 Å². The number of hydrogen-bond acceptors (Lipinski definition) is 2. The zero-order valence-corrected chi connectivity index (χ0v) is 18.2. The fraction of sp³-hybridized carbons (Fsp3) is 0.0667. The minimum atomic E-state index is 0.118. The second kappa shape index (κ2) is 7.28. The van der Waals surface area contributed by atoms with Crippen LogP contribution < -0.4 is 10.4 Å². The molecule has 0 radical (unpaired) electrons. The first-order valence-corrected chi connectivity index (χ1v) is 10.6. The van der Waals surface area contributed by atoms with E-state index in [1.165, 1.54) is 0 Å². The standard InChI is InChI=1S/C30H24O2/c1-17-5-11-21(12-6-17)23-15-16-24(22-13-7-18(2)8-14-22)28-27(23)29(31)25-19(3)9-10-20(4)26(25)30(28)32/h5-16,31-32H,3-4H2,1-2H3. The van der Waals surface area contributed by atoms with E-state index in [2.05, 4.69) is 13.2 Å². The summed E-state index contributed by atoms with van der Waals surface area (Å²) in [7, 11) is 0. The molecule has 0 aliphatic rings. The van der Waals surface area contributed by atoms with E-state index >= 15 is 0 Å². The summed E-state index contributed by atoms with van der Waals surface area (Å²) < 4.78 is 0. The highest BCUT2D eigenvalue weighted by atomic mass is 16.3. The van der Waals surface area contributed by atoms with E-state index in [9.17, 15) is 10.2 Å². The topological polar surface area (TPSA) is 40.5 Å². The molecular weight excluding hydrogens is 392 g/mol. The minimum Gasteiger partial charge on any atom is -0.507 e. The van der Waals surface area contributed by atoms with Crippen LogP contribution in [0, 0.1) is 13.8 Å². The summed E-state index contributed by atoms with van der Waals surface area (Å²) in [6.45, 7) is 12.3. The molecule has 156 valence electrons. The quantitative estimate of drug-likeness (QED) is 0.267. The molecule has 0 spiro atoms. The van der Waals surface area contributed by atoms with Crippen LogP contribution in [-0.2, 0) is 0 Å². The van der Waals surface area contributed by atoms with Gasteiger partial charge in [-0.25, -0.2) is 0 Å². The van der Waals surface area contributed by atoms with Crippen molar-refractivity contribution in [1.82, 2.24) is 0 Å². The predicted octanol–water partition coefficient (Wildman–Crippen LogP) is 6.18. The van der Waals surface area contributed by atoms with E-state index in [1.54, 1.807) is 0 Å². The SMILES string of the molecule is C=c1ccc(=C)c2c(O)c3c(-c4ccc(C)cc4)ccc(-c4ccc(C)cc4)c3c(O)c12. The Kier molecular flexibility index (Phi) is 4.53. The summed E-state index contributed by atoms with van der Waals surface area (Å²) in [4.78, 5) is 0. The fourth-order valence-corrected chi connectivity index (χ4v) is 4.52. The first kappa shape index (κ1) is 19.9. The van der Waals surface area contributed by atoms with Crippen molar-refractivity contribution in [3.05, 3.63) is 94.4 Å². The van der Waals surface area contributed by atoms with Gasteiger partial charge in [-0.3, -0.25) is 0 Å². The zero-order chi connectivity index (χ0) is 22.6. The Bertz CT molecular complexity index is 1490. The Morgan fingerprint density at radius 1 is 0.469 bits per heavy atom. The first-order chi connectivity index (χ1) is 15.4. The van der Waals surface area contributed by atoms with Crippen LogP contribution in [-0.4, -0.2) is 10.2 Å². The Balaban J connectivity index is 2.03. The number of fused-ring (bicyclic) bond motifs is 2. The number of hydrogen-bond donors (Lipinski definition) is 2. The van der Waals surface area contributed by atoms with Crippen molar-refractivity contribution in [2.75, 3.05) is 0 Å². The summed E-state index contributed by atoms with van der Waals surface area (Å²) in [6.07, 6.45) is 0. The molecule has 5 aromatic carbocycles. The molecule has 32 heavy (non-hydrogen) atoms. The Labute approximate surface area is 187 Å². The van der Waals surface area contributed by atoms with Crippen LogP contribution in [0.2, 0.25) is 0 Å². The highest BCUT2D eigenvalue weighted by Crippen LogP contribution is 2.47. The van der Waals surface area contributed by atoms with E-state index in [0.717, 1.165) is 33.4 Å². The molecule has 0 aliphatic carbocycles. The lowest BCUT2D eigenvalue weighted by molar-refractivity contribution is 0.478. The van der Waals surface area contributed by atoms with Crippen molar-refractivity contribution in [3.8, 4) is 33.8 Å². The Morgan fingerprint density at radius 3 is 1.16 bits per heavy atom. The monoisotopic (exact) mass is 416 g/mol. The van der Waals surface area contributed by atoms with E-state index in [0.29, 0.717) is 32.0 Å². The summed E-state index contributed by atoms with van der Waals surface area (Å²) in [5, 5.41) is 26.8. The Morgan fingerprint density at radius 2 is 0.812 bits per heavy atom. The zero-order valence-electron chi connectivity index (χ0n) is 18.2. The van der Waals surface area contributed by atoms with E-state index in [-0.39, 0.29) is 11.5 Å². The van der Waals surface area contributed by atoms with Gasteiger partial charge in [-0.2, -0.15) is 0 Å². The third-order valence-corrected chi connectivity index (χ3v) is 6.26. The molecule has 0 bridgehead atoms. The molecule has 2 heteroatoms. The molecule has 0 fully saturated rings. The van der Waals surface area contributed by atoms with Gasteiger partial charge in [0.25, 0.3) is 0 Å². The number of rotatable bonds is 2. The second-order valence-electron chi connectivity index (χ2n) is 8.47. The lowest BCUT2D eigenvalue weighted by atomic mass is 9.87. The summed E-state index contributed by atoms with van der Waals surface area (Å²) in [6, 6.07) is 24.0. The molecule has 0 amide bonds. The predicted molar refractivity (Wildman–Crippen MR) is 135 cm³/mol. The minimum absolute atomic E-state index is 0.118. The summed E-state index contributed by atoms with van der Waals surface area (Å²) >= 11 is 0. The van der Waals surface area contributed by atoms with Crippen molar-refractivity contribution < 1.29 is 10.2 Å². The molecule has 0 heterocycles. The van der Waals surface area contributed by atoms with Gasteiger partial charge >= 0.3 is 0 Å². The normalized spacial score (nSPS) is 11.3. The largest absolute Gasteiger partial charge is 0.507 e. The number of phenolic OH excluding ortho intramolecular Hbond substituents is 2. The molecule has 2 nitrogen and oxygen atoms in total. The van der Waals surface area contributed by atoms with Gasteiger partial charge in [-0.15, -0.1) is 0 Å². The molecule has 0 saturated heterocycles. The average Bonchev–Trinajstić information content (AvgIpc) is 2.79. The van der Waals surface area contributed by atoms with E-state index in [1.807, 2.05) is 86.6 Å². The van der Waals surface area contributed by atoms with Gasteiger partial charge in [0.2, 0.25) is 0 Å². The molecule has 5 rings (SSSR count). The highest BCUT2D eigenvalue weighted by molar-refractivity contribution is 6.19. The maximum atomic E-state index is 11.6. The molecule has 0 aliphatic heterocycles. The van der Waals surface area contributed by atoms with Crippen molar-refractivity contribution in [2.45, 2.75) is 13.8 Å². The average molecular weight is 417 g/mol. The smallest absolute Gasteiger partial charge is 0.132 e. The lowest BCUT2D eigenvalue weighted by Crippen LogP contribution is -2.09. The molecule has 0 unspecified atom stereocenters. The third kappa shape index (κ3) is 2.96. The maximum absolute atomic E-state index is 11.6. The van der Waals surface area contributed by atoms with Crippen LogP contribution in [0.3, 0.4) is 0 Å². The summed E-state index contributed by atoms with van der Waals surface area (Å²) in [5.41, 5.74) is 5.99. The van der Waals surface area contributed by atoms with Crippen LogP contribution in [0.15, 0.2) is 72.8 Å². The van der Waals surface area contributed by atoms with E-state index < -0.39 is 0 Å². The molecule has 0 saturated carbocycles. The maximum Gasteiger partial charge on any atom is 0.132 e. The molecular formula is C30H24O2. The van der Waals surface area contributed by atoms with Gasteiger partial charge < -0.3 is 10.2 Å². The van der Waals surface area contributed by atoms with Crippen LogP contribution in [0.5, 0.6) is 11.5 Å². The molecule has 5 aromatic rings. The van der Waals surface area contributed by atoms with Gasteiger partial charge in [0.15, 0.2) is 0 Å². The second-order valence-corrected chi connectivity index (χ2v) is 8.47. The third-order valence-electron chi connectivity index (χ3n) is 6.26. The number of benzene rings is 5. The molecule has 0 atom stereocenters. The Hall–Kier alpha value is -4.04. The van der Waals surface area contributed by atoms with Crippen molar-refractivity contribution in [2.24, 2.45) is 0 Å². The highest BCUT2D eigenvalue weighted by Gasteiger charge is 2.21. The first-order valence-electron chi connectivity index (χ1n) is 10.6. The van der Waals surface area contributed by atoms with E-state index in [4.69, 9.17) is 0 Å². The van der Waals surface area contributed by atoms with Crippen LogP contribution in [0.25, 0.3) is 57.0 Å². The molecule has 0 aromatic heterocycles. The van der Waals surface area contributed by atoms with Gasteiger partial charge in [-0.05, 0) is 46.5 Å². The number of aromatic hydroxyl groups is 2. The van der Waals surface area contributed by atoms with Gasteiger partial charge in [0.1, 0.15) is 11.5 Å². The van der Waals surface area contributed by atoms with Crippen molar-refractivity contribution in [1.29, 1.82) is 0 Å². The number of aryl methyl sites for hydroxylation is 2. The van der Waals surface area contributed by atoms with Crippen molar-refractivity contribution >= 4 is 34.7 Å².